The summed E-state index contributed by atoms with van der Waals surface area (Å²) in [4.78, 5) is 7.59. The van der Waals surface area contributed by atoms with E-state index in [-0.39, 0.29) is 12.0 Å². The number of hydrogen-bond donors (Lipinski definition) is 2. The third kappa shape index (κ3) is 3.84. The van der Waals surface area contributed by atoms with Crippen LogP contribution in [0.5, 0.6) is 5.88 Å². The minimum atomic E-state index is -4.41. The van der Waals surface area contributed by atoms with Crippen molar-refractivity contribution in [1.29, 1.82) is 0 Å². The number of aliphatic hydroxyl groups is 1. The lowest BCUT2D eigenvalue weighted by Crippen LogP contribution is -2.38. The fourth-order valence-corrected chi connectivity index (χ4v) is 4.78. The molecule has 156 valence electrons. The van der Waals surface area contributed by atoms with Gasteiger partial charge in [0.05, 0.1) is 22.6 Å². The van der Waals surface area contributed by atoms with Crippen molar-refractivity contribution in [3.8, 4) is 5.88 Å². The number of nitrogens with zero attached hydrogens (tertiary/aromatic N) is 4. The number of aryl methyl sites for hydroxylation is 1. The van der Waals surface area contributed by atoms with Gasteiger partial charge in [-0.1, -0.05) is 30.4 Å². The number of thiazole rings is 1. The summed E-state index contributed by atoms with van der Waals surface area (Å²) in [6.07, 6.45) is -3.02. The van der Waals surface area contributed by atoms with Crippen LogP contribution in [0.2, 0.25) is 0 Å². The van der Waals surface area contributed by atoms with Gasteiger partial charge in [0.25, 0.3) is 0 Å². The zero-order valence-corrected chi connectivity index (χ0v) is 16.5. The van der Waals surface area contributed by atoms with Crippen LogP contribution >= 0.6 is 11.3 Å². The van der Waals surface area contributed by atoms with Crippen molar-refractivity contribution in [3.05, 3.63) is 46.1 Å². The number of aromatic nitrogens is 3. The van der Waals surface area contributed by atoms with Crippen LogP contribution in [0.1, 0.15) is 47.6 Å². The quantitative estimate of drug-likeness (QED) is 0.667. The summed E-state index contributed by atoms with van der Waals surface area (Å²) < 4.78 is 40.3. The Labute approximate surface area is 169 Å². The molecule has 1 saturated heterocycles. The summed E-state index contributed by atoms with van der Waals surface area (Å²) in [7, 11) is 0. The standard InChI is InChI=1S/C19H21F3N4O2S/c1-2-14-23-18-26(24-14)17(28)16(29-18)15(25-9-7-13(27)8-10-25)11-3-5-12(6-4-11)19(20,21)22/h3-6,13,15,27-28H,2,7-10H2,1H3/t15-/m0/s1. The van der Waals surface area contributed by atoms with E-state index in [1.807, 2.05) is 6.92 Å². The van der Waals surface area contributed by atoms with Gasteiger partial charge in [-0.05, 0) is 30.5 Å². The molecule has 0 bridgehead atoms. The summed E-state index contributed by atoms with van der Waals surface area (Å²) in [6.45, 7) is 3.06. The van der Waals surface area contributed by atoms with Gasteiger partial charge in [-0.25, -0.2) is 4.98 Å². The van der Waals surface area contributed by atoms with E-state index in [1.54, 1.807) is 0 Å². The van der Waals surface area contributed by atoms with Crippen LogP contribution in [0.15, 0.2) is 24.3 Å². The van der Waals surface area contributed by atoms with Crippen LogP contribution in [0.3, 0.4) is 0 Å². The fraction of sp³-hybridized carbons (Fsp3) is 0.474. The van der Waals surface area contributed by atoms with Crippen molar-refractivity contribution in [2.24, 2.45) is 0 Å². The van der Waals surface area contributed by atoms with Crippen molar-refractivity contribution in [2.75, 3.05) is 13.1 Å². The highest BCUT2D eigenvalue weighted by atomic mass is 32.1. The highest BCUT2D eigenvalue weighted by Crippen LogP contribution is 2.41. The maximum atomic E-state index is 13.0. The van der Waals surface area contributed by atoms with Gasteiger partial charge >= 0.3 is 6.18 Å². The lowest BCUT2D eigenvalue weighted by Gasteiger charge is -2.36. The number of aliphatic hydroxyl groups excluding tert-OH is 1. The number of likely N-dealkylation sites (tertiary alicyclic amines) is 1. The number of benzene rings is 1. The van der Waals surface area contributed by atoms with Crippen molar-refractivity contribution in [3.63, 3.8) is 0 Å². The first-order chi connectivity index (χ1) is 13.8. The normalized spacial score (nSPS) is 17.8. The lowest BCUT2D eigenvalue weighted by molar-refractivity contribution is -0.137. The molecule has 2 N–H and O–H groups in total. The minimum absolute atomic E-state index is 0.0479. The second kappa shape index (κ2) is 7.58. The van der Waals surface area contributed by atoms with E-state index in [0.717, 1.165) is 12.1 Å². The summed E-state index contributed by atoms with van der Waals surface area (Å²) >= 11 is 1.28. The SMILES string of the molecule is CCc1nc2sc([C@H](c3ccc(C(F)(F)F)cc3)N3CCC(O)CC3)c(O)n2n1. The van der Waals surface area contributed by atoms with Gasteiger partial charge in [0.2, 0.25) is 10.8 Å². The molecule has 0 aliphatic carbocycles. The summed E-state index contributed by atoms with van der Waals surface area (Å²) in [5.41, 5.74) is -0.0709. The summed E-state index contributed by atoms with van der Waals surface area (Å²) in [5, 5.41) is 24.9. The van der Waals surface area contributed by atoms with E-state index in [9.17, 15) is 23.4 Å². The molecular weight excluding hydrogens is 405 g/mol. The third-order valence-corrected chi connectivity index (χ3v) is 6.30. The second-order valence-corrected chi connectivity index (χ2v) is 8.16. The maximum absolute atomic E-state index is 13.0. The highest BCUT2D eigenvalue weighted by Gasteiger charge is 2.34. The molecular formula is C19H21F3N4O2S. The Kier molecular flexibility index (Phi) is 5.26. The van der Waals surface area contributed by atoms with Gasteiger partial charge in [-0.2, -0.15) is 17.7 Å². The molecule has 29 heavy (non-hydrogen) atoms. The Morgan fingerprint density at radius 2 is 1.86 bits per heavy atom. The molecule has 1 atom stereocenters. The molecule has 1 aliphatic rings. The maximum Gasteiger partial charge on any atom is 0.416 e. The van der Waals surface area contributed by atoms with Crippen LogP contribution < -0.4 is 0 Å². The van der Waals surface area contributed by atoms with E-state index in [0.29, 0.717) is 53.6 Å². The molecule has 6 nitrogen and oxygen atoms in total. The topological polar surface area (TPSA) is 73.9 Å². The molecule has 1 aliphatic heterocycles. The number of alkyl halides is 3. The Hall–Kier alpha value is -2.17. The molecule has 0 unspecified atom stereocenters. The molecule has 2 aromatic heterocycles. The summed E-state index contributed by atoms with van der Waals surface area (Å²) in [6, 6.07) is 4.58. The van der Waals surface area contributed by atoms with Crippen LogP contribution in [0.25, 0.3) is 4.96 Å². The fourth-order valence-electron chi connectivity index (χ4n) is 3.65. The zero-order valence-electron chi connectivity index (χ0n) is 15.7. The molecule has 3 aromatic rings. The average molecular weight is 426 g/mol. The zero-order chi connectivity index (χ0) is 20.8. The second-order valence-electron chi connectivity index (χ2n) is 7.16. The molecule has 0 spiro atoms. The monoisotopic (exact) mass is 426 g/mol. The first kappa shape index (κ1) is 20.1. The molecule has 10 heteroatoms. The van der Waals surface area contributed by atoms with Crippen LogP contribution in [0.4, 0.5) is 13.2 Å². The van der Waals surface area contributed by atoms with Crippen LogP contribution in [-0.2, 0) is 12.6 Å². The molecule has 1 fully saturated rings. The lowest BCUT2D eigenvalue weighted by atomic mass is 9.98. The predicted molar refractivity (Wildman–Crippen MR) is 102 cm³/mol. The highest BCUT2D eigenvalue weighted by molar-refractivity contribution is 7.17. The van der Waals surface area contributed by atoms with Crippen molar-refractivity contribution in [2.45, 2.75) is 44.5 Å². The van der Waals surface area contributed by atoms with Gasteiger partial charge in [-0.15, -0.1) is 5.10 Å². The van der Waals surface area contributed by atoms with Gasteiger partial charge < -0.3 is 10.2 Å². The van der Waals surface area contributed by atoms with Crippen LogP contribution in [0, 0.1) is 0 Å². The number of fused-ring (bicyclic) bond motifs is 1. The van der Waals surface area contributed by atoms with Crippen molar-refractivity contribution in [1.82, 2.24) is 19.5 Å². The minimum Gasteiger partial charge on any atom is -0.492 e. The van der Waals surface area contributed by atoms with E-state index in [1.165, 1.54) is 28.0 Å². The summed E-state index contributed by atoms with van der Waals surface area (Å²) in [5.74, 6) is 0.568. The Balaban J connectivity index is 1.76. The van der Waals surface area contributed by atoms with Gasteiger partial charge in [0.15, 0.2) is 5.82 Å². The molecule has 0 amide bonds. The van der Waals surface area contributed by atoms with Crippen molar-refractivity contribution < 1.29 is 23.4 Å². The number of hydrogen-bond acceptors (Lipinski definition) is 6. The van der Waals surface area contributed by atoms with Crippen molar-refractivity contribution >= 4 is 16.3 Å². The molecule has 1 aromatic carbocycles. The predicted octanol–water partition coefficient (Wildman–Crippen LogP) is 3.62. The van der Waals surface area contributed by atoms with Gasteiger partial charge in [-0.3, -0.25) is 4.90 Å². The molecule has 4 rings (SSSR count). The first-order valence-corrected chi connectivity index (χ1v) is 10.3. The average Bonchev–Trinajstić information content (AvgIpc) is 3.23. The van der Waals surface area contributed by atoms with E-state index in [4.69, 9.17) is 0 Å². The van der Waals surface area contributed by atoms with E-state index >= 15 is 0 Å². The Morgan fingerprint density at radius 3 is 2.41 bits per heavy atom. The van der Waals surface area contributed by atoms with E-state index in [2.05, 4.69) is 15.0 Å². The Bertz CT molecular complexity index is 991. The number of piperidine rings is 1. The van der Waals surface area contributed by atoms with Gasteiger partial charge in [0.1, 0.15) is 0 Å². The van der Waals surface area contributed by atoms with Crippen LogP contribution in [-0.4, -0.2) is 48.9 Å². The molecule has 3 heterocycles. The molecule has 0 saturated carbocycles. The number of halogens is 3. The third-order valence-electron chi connectivity index (χ3n) is 5.23. The number of rotatable bonds is 4. The largest absolute Gasteiger partial charge is 0.492 e. The smallest absolute Gasteiger partial charge is 0.416 e. The Morgan fingerprint density at radius 1 is 1.21 bits per heavy atom. The number of aromatic hydroxyl groups is 1. The van der Waals surface area contributed by atoms with E-state index < -0.39 is 17.8 Å². The molecule has 0 radical (unpaired) electrons. The first-order valence-electron chi connectivity index (χ1n) is 9.44. The van der Waals surface area contributed by atoms with Gasteiger partial charge in [0, 0.05) is 19.5 Å².